The van der Waals surface area contributed by atoms with Crippen molar-refractivity contribution in [2.75, 3.05) is 13.1 Å². The highest BCUT2D eigenvalue weighted by molar-refractivity contribution is 5.28. The second-order valence-corrected chi connectivity index (χ2v) is 4.74. The first-order valence-electron chi connectivity index (χ1n) is 6.59. The molecule has 1 fully saturated rings. The van der Waals surface area contributed by atoms with Gasteiger partial charge < -0.3 is 10.1 Å². The summed E-state index contributed by atoms with van der Waals surface area (Å²) < 4.78 is 5.96. The minimum atomic E-state index is 0.338. The van der Waals surface area contributed by atoms with Crippen LogP contribution in [0.3, 0.4) is 0 Å². The summed E-state index contributed by atoms with van der Waals surface area (Å²) in [7, 11) is 0. The molecule has 1 saturated heterocycles. The standard InChI is InChI=1S/C13H17N5O/c1-3-11(19-12-5-7-14-8-6-12)4-2-10(1)9-13-15-17-18-16-13/h1-4,12,14H,5-9H2,(H,15,16,17,18). The van der Waals surface area contributed by atoms with Crippen LogP contribution in [-0.4, -0.2) is 39.8 Å². The number of hydrogen-bond donors (Lipinski definition) is 2. The van der Waals surface area contributed by atoms with E-state index in [2.05, 4.69) is 38.1 Å². The molecule has 1 aromatic carbocycles. The molecule has 0 radical (unpaired) electrons. The van der Waals surface area contributed by atoms with Crippen molar-refractivity contribution in [3.8, 4) is 5.75 Å². The number of nitrogens with zero attached hydrogens (tertiary/aromatic N) is 3. The molecule has 6 nitrogen and oxygen atoms in total. The molecule has 3 rings (SSSR count). The summed E-state index contributed by atoms with van der Waals surface area (Å²) in [6, 6.07) is 8.14. The second kappa shape index (κ2) is 5.79. The lowest BCUT2D eigenvalue weighted by Gasteiger charge is -2.23. The summed E-state index contributed by atoms with van der Waals surface area (Å²) in [6.07, 6.45) is 3.20. The van der Waals surface area contributed by atoms with Gasteiger partial charge in [-0.3, -0.25) is 0 Å². The second-order valence-electron chi connectivity index (χ2n) is 4.74. The van der Waals surface area contributed by atoms with Crippen LogP contribution in [0.2, 0.25) is 0 Å². The van der Waals surface area contributed by atoms with Gasteiger partial charge in [0.05, 0.1) is 0 Å². The van der Waals surface area contributed by atoms with E-state index in [0.717, 1.165) is 43.1 Å². The molecule has 1 aromatic heterocycles. The average molecular weight is 259 g/mol. The van der Waals surface area contributed by atoms with E-state index in [9.17, 15) is 0 Å². The number of rotatable bonds is 4. The summed E-state index contributed by atoms with van der Waals surface area (Å²) in [6.45, 7) is 2.09. The molecule has 1 aliphatic rings. The van der Waals surface area contributed by atoms with Crippen molar-refractivity contribution in [1.82, 2.24) is 25.9 Å². The number of benzene rings is 1. The van der Waals surface area contributed by atoms with Crippen molar-refractivity contribution in [2.45, 2.75) is 25.4 Å². The molecule has 2 heterocycles. The van der Waals surface area contributed by atoms with Crippen molar-refractivity contribution < 1.29 is 4.74 Å². The van der Waals surface area contributed by atoms with E-state index in [-0.39, 0.29) is 0 Å². The van der Waals surface area contributed by atoms with E-state index >= 15 is 0 Å². The molecule has 0 saturated carbocycles. The Kier molecular flexibility index (Phi) is 3.69. The van der Waals surface area contributed by atoms with Crippen LogP contribution in [0.1, 0.15) is 24.2 Å². The van der Waals surface area contributed by atoms with E-state index in [1.807, 2.05) is 12.1 Å². The van der Waals surface area contributed by atoms with Gasteiger partial charge in [0.15, 0.2) is 5.82 Å². The summed E-state index contributed by atoms with van der Waals surface area (Å²) in [5, 5.41) is 17.1. The molecule has 0 aliphatic carbocycles. The van der Waals surface area contributed by atoms with Crippen LogP contribution in [-0.2, 0) is 6.42 Å². The minimum absolute atomic E-state index is 0.338. The monoisotopic (exact) mass is 259 g/mol. The average Bonchev–Trinajstić information content (AvgIpc) is 2.95. The Morgan fingerprint density at radius 2 is 1.95 bits per heavy atom. The van der Waals surface area contributed by atoms with Gasteiger partial charge in [-0.05, 0) is 54.1 Å². The molecule has 0 bridgehead atoms. The zero-order chi connectivity index (χ0) is 12.9. The smallest absolute Gasteiger partial charge is 0.152 e. The number of aromatic nitrogens is 4. The molecule has 100 valence electrons. The third-order valence-electron chi connectivity index (χ3n) is 3.27. The quantitative estimate of drug-likeness (QED) is 0.854. The topological polar surface area (TPSA) is 75.7 Å². The summed E-state index contributed by atoms with van der Waals surface area (Å²) >= 11 is 0. The third-order valence-corrected chi connectivity index (χ3v) is 3.27. The Bertz CT molecular complexity index is 490. The maximum absolute atomic E-state index is 5.96. The van der Waals surface area contributed by atoms with E-state index < -0.39 is 0 Å². The molecule has 0 unspecified atom stereocenters. The SMILES string of the molecule is c1cc(OC2CCNCC2)ccc1Cc1nnn[nH]1. The zero-order valence-corrected chi connectivity index (χ0v) is 10.7. The number of nitrogens with one attached hydrogen (secondary N) is 2. The van der Waals surface area contributed by atoms with Crippen molar-refractivity contribution >= 4 is 0 Å². The van der Waals surface area contributed by atoms with Crippen LogP contribution in [0.5, 0.6) is 5.75 Å². The zero-order valence-electron chi connectivity index (χ0n) is 10.7. The Labute approximate surface area is 111 Å². The molecule has 6 heteroatoms. The Morgan fingerprint density at radius 1 is 1.16 bits per heavy atom. The van der Waals surface area contributed by atoms with Crippen LogP contribution < -0.4 is 10.1 Å². The molecule has 2 aromatic rings. The van der Waals surface area contributed by atoms with Crippen LogP contribution in [0, 0.1) is 0 Å². The maximum Gasteiger partial charge on any atom is 0.152 e. The van der Waals surface area contributed by atoms with E-state index in [4.69, 9.17) is 4.74 Å². The van der Waals surface area contributed by atoms with Crippen molar-refractivity contribution in [3.63, 3.8) is 0 Å². The number of hydrogen-bond acceptors (Lipinski definition) is 5. The molecule has 0 amide bonds. The van der Waals surface area contributed by atoms with Crippen molar-refractivity contribution in [3.05, 3.63) is 35.7 Å². The van der Waals surface area contributed by atoms with Crippen LogP contribution in [0.4, 0.5) is 0 Å². The lowest BCUT2D eigenvalue weighted by molar-refractivity contribution is 0.162. The third kappa shape index (κ3) is 3.29. The highest BCUT2D eigenvalue weighted by Crippen LogP contribution is 2.18. The molecule has 0 spiro atoms. The first-order chi connectivity index (χ1) is 9.40. The molecule has 2 N–H and O–H groups in total. The predicted molar refractivity (Wildman–Crippen MR) is 69.9 cm³/mol. The fourth-order valence-electron chi connectivity index (χ4n) is 2.24. The maximum atomic E-state index is 5.96. The molecule has 19 heavy (non-hydrogen) atoms. The van der Waals surface area contributed by atoms with E-state index in [1.165, 1.54) is 0 Å². The Balaban J connectivity index is 1.58. The summed E-state index contributed by atoms with van der Waals surface area (Å²) in [5.74, 6) is 1.71. The van der Waals surface area contributed by atoms with Gasteiger partial charge in [0.2, 0.25) is 0 Å². The molecular weight excluding hydrogens is 242 g/mol. The molecular formula is C13H17N5O. The van der Waals surface area contributed by atoms with Gasteiger partial charge in [0.25, 0.3) is 0 Å². The lowest BCUT2D eigenvalue weighted by atomic mass is 10.1. The van der Waals surface area contributed by atoms with Gasteiger partial charge in [-0.15, -0.1) is 5.10 Å². The first kappa shape index (κ1) is 12.1. The number of ether oxygens (including phenoxy) is 1. The Hall–Kier alpha value is -1.95. The minimum Gasteiger partial charge on any atom is -0.490 e. The fourth-order valence-corrected chi connectivity index (χ4v) is 2.24. The van der Waals surface area contributed by atoms with Gasteiger partial charge >= 0.3 is 0 Å². The molecule has 0 atom stereocenters. The largest absolute Gasteiger partial charge is 0.490 e. The van der Waals surface area contributed by atoms with E-state index in [1.54, 1.807) is 0 Å². The number of piperidine rings is 1. The summed E-state index contributed by atoms with van der Waals surface area (Å²) in [4.78, 5) is 0. The fraction of sp³-hybridized carbons (Fsp3) is 0.462. The van der Waals surface area contributed by atoms with Gasteiger partial charge in [-0.25, -0.2) is 5.10 Å². The number of tetrazole rings is 1. The highest BCUT2D eigenvalue weighted by Gasteiger charge is 2.14. The van der Waals surface area contributed by atoms with Crippen LogP contribution >= 0.6 is 0 Å². The highest BCUT2D eigenvalue weighted by atomic mass is 16.5. The van der Waals surface area contributed by atoms with Gasteiger partial charge in [0.1, 0.15) is 11.9 Å². The summed E-state index contributed by atoms with van der Waals surface area (Å²) in [5.41, 5.74) is 1.16. The molecule has 1 aliphatic heterocycles. The first-order valence-corrected chi connectivity index (χ1v) is 6.59. The number of aromatic amines is 1. The Morgan fingerprint density at radius 3 is 2.63 bits per heavy atom. The lowest BCUT2D eigenvalue weighted by Crippen LogP contribution is -2.34. The van der Waals surface area contributed by atoms with Crippen LogP contribution in [0.15, 0.2) is 24.3 Å². The van der Waals surface area contributed by atoms with Gasteiger partial charge in [-0.2, -0.15) is 0 Å². The van der Waals surface area contributed by atoms with E-state index in [0.29, 0.717) is 12.5 Å². The van der Waals surface area contributed by atoms with Crippen molar-refractivity contribution in [1.29, 1.82) is 0 Å². The predicted octanol–water partition coefficient (Wildman–Crippen LogP) is 0.921. The normalized spacial score (nSPS) is 16.4. The number of H-pyrrole nitrogens is 1. The van der Waals surface area contributed by atoms with Gasteiger partial charge in [0, 0.05) is 6.42 Å². The van der Waals surface area contributed by atoms with Crippen molar-refractivity contribution in [2.24, 2.45) is 0 Å². The van der Waals surface area contributed by atoms with Crippen LogP contribution in [0.25, 0.3) is 0 Å². The van der Waals surface area contributed by atoms with Gasteiger partial charge in [-0.1, -0.05) is 12.1 Å².